The molecular formula is C5H8BrNO2. The zero-order valence-corrected chi connectivity index (χ0v) is 6.93. The van der Waals surface area contributed by atoms with Gasteiger partial charge < -0.3 is 0 Å². The molecule has 0 unspecified atom stereocenters. The van der Waals surface area contributed by atoms with Gasteiger partial charge in [-0.15, -0.1) is 0 Å². The summed E-state index contributed by atoms with van der Waals surface area (Å²) < 4.78 is 0.924. The van der Waals surface area contributed by atoms with Crippen molar-refractivity contribution >= 4 is 28.0 Å². The molecule has 0 aliphatic heterocycles. The lowest BCUT2D eigenvalue weighted by atomic mass is 10.4. The van der Waals surface area contributed by atoms with Gasteiger partial charge >= 0.3 is 0 Å². The number of imide groups is 1. The highest BCUT2D eigenvalue weighted by Gasteiger charge is 2.10. The van der Waals surface area contributed by atoms with E-state index in [0.29, 0.717) is 6.42 Å². The van der Waals surface area contributed by atoms with E-state index in [4.69, 9.17) is 0 Å². The van der Waals surface area contributed by atoms with E-state index in [1.54, 1.807) is 6.92 Å². The Morgan fingerprint density at radius 1 is 1.56 bits per heavy atom. The summed E-state index contributed by atoms with van der Waals surface area (Å²) in [7, 11) is 0. The van der Waals surface area contributed by atoms with Crippen LogP contribution in [0.15, 0.2) is 0 Å². The molecule has 4 heteroatoms. The van der Waals surface area contributed by atoms with Crippen LogP contribution < -0.4 is 0 Å². The third-order valence-corrected chi connectivity index (χ3v) is 1.69. The first kappa shape index (κ1) is 8.62. The van der Waals surface area contributed by atoms with Crippen LogP contribution >= 0.6 is 16.1 Å². The number of nitrogens with zero attached hydrogens (tertiary/aromatic N) is 1. The van der Waals surface area contributed by atoms with Gasteiger partial charge in [-0.3, -0.25) is 9.59 Å². The molecule has 0 N–H and O–H groups in total. The van der Waals surface area contributed by atoms with Crippen molar-refractivity contribution in [1.29, 1.82) is 0 Å². The summed E-state index contributed by atoms with van der Waals surface area (Å²) in [5.74, 6) is -0.510. The smallest absolute Gasteiger partial charge is 0.239 e. The van der Waals surface area contributed by atoms with Crippen LogP contribution in [0.1, 0.15) is 20.3 Å². The van der Waals surface area contributed by atoms with E-state index in [1.165, 1.54) is 6.92 Å². The van der Waals surface area contributed by atoms with Gasteiger partial charge in [-0.25, -0.2) is 3.93 Å². The van der Waals surface area contributed by atoms with E-state index >= 15 is 0 Å². The summed E-state index contributed by atoms with van der Waals surface area (Å²) in [6, 6.07) is 0. The lowest BCUT2D eigenvalue weighted by molar-refractivity contribution is -0.135. The van der Waals surface area contributed by atoms with E-state index in [0.717, 1.165) is 3.93 Å². The molecule has 0 fully saturated rings. The Bertz CT molecular complexity index is 135. The molecule has 0 spiro atoms. The molecule has 2 amide bonds. The number of amides is 2. The number of carbonyl (C=O) groups excluding carboxylic acids is 2. The molecule has 0 bridgehead atoms. The van der Waals surface area contributed by atoms with Crippen LogP contribution in [0.25, 0.3) is 0 Å². The predicted octanol–water partition coefficient (Wildman–Crippen LogP) is 1.08. The molecule has 0 aromatic rings. The third kappa shape index (κ3) is 2.60. The summed E-state index contributed by atoms with van der Waals surface area (Å²) in [4.78, 5) is 21.0. The van der Waals surface area contributed by atoms with Gasteiger partial charge in [0, 0.05) is 13.3 Å². The minimum absolute atomic E-state index is 0.220. The molecule has 0 atom stereocenters. The van der Waals surface area contributed by atoms with Gasteiger partial charge in [0.1, 0.15) is 0 Å². The highest BCUT2D eigenvalue weighted by Crippen LogP contribution is 2.00. The Morgan fingerprint density at radius 3 is 2.11 bits per heavy atom. The van der Waals surface area contributed by atoms with Gasteiger partial charge in [-0.1, -0.05) is 6.92 Å². The molecule has 0 saturated heterocycles. The van der Waals surface area contributed by atoms with Crippen molar-refractivity contribution < 1.29 is 9.59 Å². The zero-order chi connectivity index (χ0) is 7.44. The van der Waals surface area contributed by atoms with Crippen molar-refractivity contribution in [1.82, 2.24) is 3.93 Å². The highest BCUT2D eigenvalue weighted by molar-refractivity contribution is 9.08. The summed E-state index contributed by atoms with van der Waals surface area (Å²) in [6.45, 7) is 3.02. The topological polar surface area (TPSA) is 37.4 Å². The minimum Gasteiger partial charge on any atom is -0.274 e. The lowest BCUT2D eigenvalue weighted by Crippen LogP contribution is -2.24. The van der Waals surface area contributed by atoms with Crippen LogP contribution in [0, 0.1) is 0 Å². The number of carbonyl (C=O) groups is 2. The molecule has 3 nitrogen and oxygen atoms in total. The van der Waals surface area contributed by atoms with Crippen molar-refractivity contribution in [2.45, 2.75) is 20.3 Å². The molecule has 0 aromatic heterocycles. The van der Waals surface area contributed by atoms with Crippen LogP contribution in [0.5, 0.6) is 0 Å². The third-order valence-electron chi connectivity index (χ3n) is 0.798. The van der Waals surface area contributed by atoms with Crippen LogP contribution in [0.3, 0.4) is 0 Å². The average molecular weight is 194 g/mol. The Labute approximate surface area is 62.4 Å². The Balaban J connectivity index is 3.88. The second-order valence-electron chi connectivity index (χ2n) is 1.55. The van der Waals surface area contributed by atoms with Crippen molar-refractivity contribution in [2.75, 3.05) is 0 Å². The van der Waals surface area contributed by atoms with Crippen LogP contribution in [-0.4, -0.2) is 15.7 Å². The van der Waals surface area contributed by atoms with E-state index in [1.807, 2.05) is 0 Å². The summed E-state index contributed by atoms with van der Waals surface area (Å²) in [5.41, 5.74) is 0. The maximum atomic E-state index is 10.6. The largest absolute Gasteiger partial charge is 0.274 e. The van der Waals surface area contributed by atoms with E-state index in [-0.39, 0.29) is 11.8 Å². The first-order chi connectivity index (χ1) is 4.09. The van der Waals surface area contributed by atoms with Gasteiger partial charge in [0.25, 0.3) is 0 Å². The molecule has 0 rings (SSSR count). The van der Waals surface area contributed by atoms with Crippen molar-refractivity contribution in [3.05, 3.63) is 0 Å². The Morgan fingerprint density at radius 2 is 2.00 bits per heavy atom. The highest BCUT2D eigenvalue weighted by atomic mass is 79.9. The van der Waals surface area contributed by atoms with Crippen molar-refractivity contribution in [2.24, 2.45) is 0 Å². The maximum absolute atomic E-state index is 10.6. The number of rotatable bonds is 1. The predicted molar refractivity (Wildman–Crippen MR) is 36.7 cm³/mol. The summed E-state index contributed by atoms with van der Waals surface area (Å²) >= 11 is 2.80. The minimum atomic E-state index is -0.290. The quantitative estimate of drug-likeness (QED) is 0.585. The fourth-order valence-corrected chi connectivity index (χ4v) is 0.565. The number of halogens is 1. The first-order valence-electron chi connectivity index (χ1n) is 2.59. The SMILES string of the molecule is CCC(=O)N(Br)C(C)=O. The first-order valence-corrected chi connectivity index (χ1v) is 3.29. The van der Waals surface area contributed by atoms with Crippen LogP contribution in [-0.2, 0) is 9.59 Å². The molecule has 0 aliphatic rings. The normalized spacial score (nSPS) is 8.78. The molecule has 0 aromatic carbocycles. The molecule has 52 valence electrons. The second-order valence-corrected chi connectivity index (χ2v) is 2.26. The second kappa shape index (κ2) is 3.61. The van der Waals surface area contributed by atoms with E-state index in [2.05, 4.69) is 16.1 Å². The molecule has 9 heavy (non-hydrogen) atoms. The van der Waals surface area contributed by atoms with Crippen molar-refractivity contribution in [3.63, 3.8) is 0 Å². The monoisotopic (exact) mass is 193 g/mol. The standard InChI is InChI=1S/C5H8BrNO2/c1-3-5(9)7(6)4(2)8/h3H2,1-2H3. The van der Waals surface area contributed by atoms with Gasteiger partial charge in [0.15, 0.2) is 0 Å². The summed E-state index contributed by atoms with van der Waals surface area (Å²) in [6.07, 6.45) is 0.338. The molecule has 0 radical (unpaired) electrons. The molecular weight excluding hydrogens is 186 g/mol. The average Bonchev–Trinajstić information content (AvgIpc) is 1.84. The zero-order valence-electron chi connectivity index (χ0n) is 5.35. The van der Waals surface area contributed by atoms with E-state index < -0.39 is 0 Å². The van der Waals surface area contributed by atoms with Gasteiger partial charge in [-0.05, 0) is 0 Å². The lowest BCUT2D eigenvalue weighted by Gasteiger charge is -2.06. The fraction of sp³-hybridized carbons (Fsp3) is 0.600. The fourth-order valence-electron chi connectivity index (χ4n) is 0.314. The van der Waals surface area contributed by atoms with Gasteiger partial charge in [0.2, 0.25) is 11.8 Å². The Hall–Kier alpha value is -0.380. The molecule has 0 heterocycles. The molecule has 0 saturated carbocycles. The maximum Gasteiger partial charge on any atom is 0.239 e. The van der Waals surface area contributed by atoms with Gasteiger partial charge in [-0.2, -0.15) is 0 Å². The molecule has 0 aliphatic carbocycles. The Kier molecular flexibility index (Phi) is 3.46. The van der Waals surface area contributed by atoms with Crippen molar-refractivity contribution in [3.8, 4) is 0 Å². The summed E-state index contributed by atoms with van der Waals surface area (Å²) in [5, 5.41) is 0. The number of hydrogen-bond donors (Lipinski definition) is 0. The van der Waals surface area contributed by atoms with Gasteiger partial charge in [0.05, 0.1) is 16.1 Å². The van der Waals surface area contributed by atoms with Crippen LogP contribution in [0.2, 0.25) is 0 Å². The van der Waals surface area contributed by atoms with Crippen LogP contribution in [0.4, 0.5) is 0 Å². The number of hydrogen-bond acceptors (Lipinski definition) is 2. The van der Waals surface area contributed by atoms with E-state index in [9.17, 15) is 9.59 Å².